The van der Waals surface area contributed by atoms with Crippen molar-refractivity contribution < 1.29 is 0 Å². The first-order valence-corrected chi connectivity index (χ1v) is 4.09. The van der Waals surface area contributed by atoms with Crippen molar-refractivity contribution in [1.82, 2.24) is 14.8 Å². The van der Waals surface area contributed by atoms with Gasteiger partial charge in [0.05, 0.1) is 5.52 Å². The summed E-state index contributed by atoms with van der Waals surface area (Å²) < 4.78 is 1.78. The highest BCUT2D eigenvalue weighted by Gasteiger charge is 1.93. The lowest BCUT2D eigenvalue weighted by molar-refractivity contribution is 0.780. The van der Waals surface area contributed by atoms with Crippen LogP contribution in [0.4, 0.5) is 0 Å². The fraction of sp³-hybridized carbons (Fsp3) is 0.333. The van der Waals surface area contributed by atoms with Crippen LogP contribution < -0.4 is 0 Å². The lowest BCUT2D eigenvalue weighted by Gasteiger charge is -1.80. The lowest BCUT2D eigenvalue weighted by atomic mass is 10.3. The van der Waals surface area contributed by atoms with E-state index in [4.69, 9.17) is 0 Å². The molecule has 12 heavy (non-hydrogen) atoms. The van der Waals surface area contributed by atoms with Crippen molar-refractivity contribution in [3.63, 3.8) is 0 Å². The Morgan fingerprint density at radius 2 is 2.08 bits per heavy atom. The molecule has 0 bridgehead atoms. The minimum atomic E-state index is 0.998. The standard InChI is InChI=1S/C7H7N3.C2H6/c1-10-5-6-4-8-3-2-7(6)9-10;1-2/h2-5H,1H3;1-2H3. The molecule has 2 heterocycles. The highest BCUT2D eigenvalue weighted by Crippen LogP contribution is 2.07. The second-order valence-electron chi connectivity index (χ2n) is 2.24. The van der Waals surface area contributed by atoms with E-state index in [2.05, 4.69) is 10.1 Å². The number of hydrogen-bond donors (Lipinski definition) is 0. The Hall–Kier alpha value is -1.38. The molecule has 3 heteroatoms. The Morgan fingerprint density at radius 1 is 1.33 bits per heavy atom. The molecule has 0 saturated carbocycles. The Morgan fingerprint density at radius 3 is 2.75 bits per heavy atom. The van der Waals surface area contributed by atoms with E-state index in [9.17, 15) is 0 Å². The molecule has 2 aromatic heterocycles. The molecule has 0 aliphatic rings. The lowest BCUT2D eigenvalue weighted by Crippen LogP contribution is -1.84. The number of rotatable bonds is 0. The van der Waals surface area contributed by atoms with Crippen molar-refractivity contribution in [1.29, 1.82) is 0 Å². The summed E-state index contributed by atoms with van der Waals surface area (Å²) in [5.74, 6) is 0. The fourth-order valence-electron chi connectivity index (χ4n) is 0.990. The molecular weight excluding hydrogens is 150 g/mol. The third-order valence-corrected chi connectivity index (χ3v) is 1.42. The van der Waals surface area contributed by atoms with Crippen molar-refractivity contribution in [2.24, 2.45) is 7.05 Å². The average Bonchev–Trinajstić information content (AvgIpc) is 2.48. The maximum absolute atomic E-state index is 4.19. The van der Waals surface area contributed by atoms with E-state index < -0.39 is 0 Å². The van der Waals surface area contributed by atoms with Gasteiger partial charge in [0.15, 0.2) is 0 Å². The molecule has 0 aromatic carbocycles. The van der Waals surface area contributed by atoms with Gasteiger partial charge in [-0.15, -0.1) is 0 Å². The molecule has 0 unspecified atom stereocenters. The second-order valence-corrected chi connectivity index (χ2v) is 2.24. The predicted molar refractivity (Wildman–Crippen MR) is 49.9 cm³/mol. The first kappa shape index (κ1) is 8.71. The highest BCUT2D eigenvalue weighted by molar-refractivity contribution is 5.76. The Labute approximate surface area is 72.0 Å². The zero-order valence-electron chi connectivity index (χ0n) is 7.65. The second kappa shape index (κ2) is 3.85. The zero-order valence-corrected chi connectivity index (χ0v) is 7.65. The summed E-state index contributed by atoms with van der Waals surface area (Å²) >= 11 is 0. The molecule has 0 amide bonds. The summed E-state index contributed by atoms with van der Waals surface area (Å²) in [7, 11) is 1.90. The Balaban J connectivity index is 0.000000336. The minimum absolute atomic E-state index is 0.998. The van der Waals surface area contributed by atoms with Gasteiger partial charge in [-0.3, -0.25) is 9.67 Å². The molecule has 64 valence electrons. The molecule has 0 fully saturated rings. The van der Waals surface area contributed by atoms with Crippen LogP contribution in [0.2, 0.25) is 0 Å². The molecule has 0 saturated heterocycles. The molecule has 0 atom stereocenters. The van der Waals surface area contributed by atoms with Gasteiger partial charge in [-0.05, 0) is 6.07 Å². The maximum atomic E-state index is 4.19. The SMILES string of the molecule is CC.Cn1cc2cnccc2n1. The van der Waals surface area contributed by atoms with Gasteiger partial charge in [0.2, 0.25) is 0 Å². The molecule has 2 aromatic rings. The van der Waals surface area contributed by atoms with Crippen LogP contribution >= 0.6 is 0 Å². The number of aryl methyl sites for hydroxylation is 1. The van der Waals surface area contributed by atoms with Crippen LogP contribution in [-0.4, -0.2) is 14.8 Å². The largest absolute Gasteiger partial charge is 0.275 e. The van der Waals surface area contributed by atoms with E-state index in [1.807, 2.05) is 39.4 Å². The summed E-state index contributed by atoms with van der Waals surface area (Å²) in [5.41, 5.74) is 0.998. The summed E-state index contributed by atoms with van der Waals surface area (Å²) in [6.07, 6.45) is 5.50. The van der Waals surface area contributed by atoms with Crippen LogP contribution in [0.5, 0.6) is 0 Å². The van der Waals surface area contributed by atoms with E-state index in [0.717, 1.165) is 10.9 Å². The van der Waals surface area contributed by atoms with Crippen LogP contribution in [0.25, 0.3) is 10.9 Å². The summed E-state index contributed by atoms with van der Waals surface area (Å²) in [6, 6.07) is 1.90. The van der Waals surface area contributed by atoms with Crippen LogP contribution in [0.1, 0.15) is 13.8 Å². The smallest absolute Gasteiger partial charge is 0.0954 e. The molecule has 2 rings (SSSR count). The van der Waals surface area contributed by atoms with Crippen molar-refractivity contribution in [3.05, 3.63) is 24.7 Å². The first-order valence-electron chi connectivity index (χ1n) is 4.09. The number of aromatic nitrogens is 3. The number of fused-ring (bicyclic) bond motifs is 1. The molecule has 0 N–H and O–H groups in total. The van der Waals surface area contributed by atoms with Crippen molar-refractivity contribution in [2.45, 2.75) is 13.8 Å². The number of pyridine rings is 1. The Kier molecular flexibility index (Phi) is 2.80. The van der Waals surface area contributed by atoms with Gasteiger partial charge in [0, 0.05) is 31.0 Å². The van der Waals surface area contributed by atoms with Gasteiger partial charge in [-0.2, -0.15) is 5.10 Å². The van der Waals surface area contributed by atoms with Crippen LogP contribution in [-0.2, 0) is 7.05 Å². The van der Waals surface area contributed by atoms with Crippen LogP contribution in [0.3, 0.4) is 0 Å². The van der Waals surface area contributed by atoms with Gasteiger partial charge in [0.1, 0.15) is 0 Å². The van der Waals surface area contributed by atoms with Crippen LogP contribution in [0.15, 0.2) is 24.7 Å². The third-order valence-electron chi connectivity index (χ3n) is 1.42. The number of nitrogens with zero attached hydrogens (tertiary/aromatic N) is 3. The highest BCUT2D eigenvalue weighted by atomic mass is 15.2. The van der Waals surface area contributed by atoms with Crippen molar-refractivity contribution in [3.8, 4) is 0 Å². The quantitative estimate of drug-likeness (QED) is 0.594. The van der Waals surface area contributed by atoms with Gasteiger partial charge >= 0.3 is 0 Å². The molecular formula is C9H13N3. The topological polar surface area (TPSA) is 30.7 Å². The number of hydrogen-bond acceptors (Lipinski definition) is 2. The first-order chi connectivity index (χ1) is 5.86. The maximum Gasteiger partial charge on any atom is 0.0954 e. The van der Waals surface area contributed by atoms with E-state index in [1.54, 1.807) is 10.9 Å². The predicted octanol–water partition coefficient (Wildman–Crippen LogP) is 1.99. The summed E-state index contributed by atoms with van der Waals surface area (Å²) in [6.45, 7) is 4.00. The van der Waals surface area contributed by atoms with E-state index in [0.29, 0.717) is 0 Å². The van der Waals surface area contributed by atoms with Crippen LogP contribution in [0, 0.1) is 0 Å². The summed E-state index contributed by atoms with van der Waals surface area (Å²) in [5, 5.41) is 5.28. The Bertz CT molecular complexity index is 318. The third kappa shape index (κ3) is 1.61. The average molecular weight is 163 g/mol. The molecule has 0 radical (unpaired) electrons. The van der Waals surface area contributed by atoms with E-state index >= 15 is 0 Å². The minimum Gasteiger partial charge on any atom is -0.275 e. The fourth-order valence-corrected chi connectivity index (χ4v) is 0.990. The van der Waals surface area contributed by atoms with Crippen molar-refractivity contribution >= 4 is 10.9 Å². The van der Waals surface area contributed by atoms with Gasteiger partial charge in [-0.1, -0.05) is 13.8 Å². The summed E-state index contributed by atoms with van der Waals surface area (Å²) in [4.78, 5) is 3.97. The molecule has 3 nitrogen and oxygen atoms in total. The normalized spacial score (nSPS) is 9.25. The molecule has 0 aliphatic heterocycles. The molecule has 0 aliphatic carbocycles. The molecule has 0 spiro atoms. The monoisotopic (exact) mass is 163 g/mol. The zero-order chi connectivity index (χ0) is 8.97. The van der Waals surface area contributed by atoms with E-state index in [-0.39, 0.29) is 0 Å². The van der Waals surface area contributed by atoms with Gasteiger partial charge < -0.3 is 0 Å². The van der Waals surface area contributed by atoms with Gasteiger partial charge in [-0.25, -0.2) is 0 Å². The van der Waals surface area contributed by atoms with Gasteiger partial charge in [0.25, 0.3) is 0 Å². The van der Waals surface area contributed by atoms with E-state index in [1.165, 1.54) is 0 Å². The van der Waals surface area contributed by atoms with Crippen molar-refractivity contribution in [2.75, 3.05) is 0 Å².